The zero-order valence-electron chi connectivity index (χ0n) is 11.2. The van der Waals surface area contributed by atoms with Gasteiger partial charge >= 0.3 is 0 Å². The Hall–Kier alpha value is -2.28. The van der Waals surface area contributed by atoms with Gasteiger partial charge in [-0.15, -0.1) is 0 Å². The van der Waals surface area contributed by atoms with E-state index in [2.05, 4.69) is 5.32 Å². The summed E-state index contributed by atoms with van der Waals surface area (Å²) in [6, 6.07) is 3.40. The summed E-state index contributed by atoms with van der Waals surface area (Å²) >= 11 is 4.76. The van der Waals surface area contributed by atoms with E-state index in [0.29, 0.717) is 22.8 Å². The largest absolute Gasteiger partial charge is 0.493 e. The van der Waals surface area contributed by atoms with Crippen molar-refractivity contribution < 1.29 is 23.7 Å². The molecule has 1 aliphatic heterocycles. The first kappa shape index (κ1) is 14.1. The van der Waals surface area contributed by atoms with E-state index in [1.165, 1.54) is 21.3 Å². The van der Waals surface area contributed by atoms with Gasteiger partial charge in [-0.25, -0.2) is 0 Å². The number of nitrogens with one attached hydrogen (secondary N) is 1. The molecule has 1 heterocycles. The SMILES string of the molecule is COc1cc(/C=C2\OC(=S)NC2=O)cc(OC)c1OC. The minimum Gasteiger partial charge on any atom is -0.493 e. The van der Waals surface area contributed by atoms with Crippen molar-refractivity contribution in [2.24, 2.45) is 0 Å². The molecule has 1 fully saturated rings. The third kappa shape index (κ3) is 2.67. The lowest BCUT2D eigenvalue weighted by molar-refractivity contribution is -0.116. The van der Waals surface area contributed by atoms with Gasteiger partial charge in [0.25, 0.3) is 11.1 Å². The highest BCUT2D eigenvalue weighted by atomic mass is 32.1. The van der Waals surface area contributed by atoms with Gasteiger partial charge in [0.1, 0.15) is 0 Å². The number of carbonyl (C=O) groups is 1. The quantitative estimate of drug-likeness (QED) is 0.670. The lowest BCUT2D eigenvalue weighted by Gasteiger charge is -2.12. The van der Waals surface area contributed by atoms with Crippen LogP contribution in [0.5, 0.6) is 17.2 Å². The number of methoxy groups -OCH3 is 3. The van der Waals surface area contributed by atoms with E-state index in [1.807, 2.05) is 0 Å². The number of rotatable bonds is 4. The molecule has 1 aromatic carbocycles. The minimum atomic E-state index is -0.385. The Balaban J connectivity index is 2.45. The summed E-state index contributed by atoms with van der Waals surface area (Å²) in [4.78, 5) is 11.5. The fraction of sp³-hybridized carbons (Fsp3) is 0.231. The fourth-order valence-electron chi connectivity index (χ4n) is 1.76. The van der Waals surface area contributed by atoms with Gasteiger partial charge in [-0.2, -0.15) is 0 Å². The average molecular weight is 295 g/mol. The van der Waals surface area contributed by atoms with E-state index in [4.69, 9.17) is 31.2 Å². The molecular formula is C13H13NO5S. The predicted molar refractivity (Wildman–Crippen MR) is 75.9 cm³/mol. The fourth-order valence-corrected chi connectivity index (χ4v) is 1.94. The molecule has 1 aromatic rings. The van der Waals surface area contributed by atoms with Crippen molar-refractivity contribution in [3.63, 3.8) is 0 Å². The van der Waals surface area contributed by atoms with Crippen LogP contribution in [-0.4, -0.2) is 32.4 Å². The molecule has 0 aliphatic carbocycles. The van der Waals surface area contributed by atoms with Crippen LogP contribution in [-0.2, 0) is 9.53 Å². The summed E-state index contributed by atoms with van der Waals surface area (Å²) in [7, 11) is 4.55. The predicted octanol–water partition coefficient (Wildman–Crippen LogP) is 1.48. The second kappa shape index (κ2) is 5.79. The van der Waals surface area contributed by atoms with Crippen LogP contribution in [0.3, 0.4) is 0 Å². The van der Waals surface area contributed by atoms with Crippen LogP contribution in [0.25, 0.3) is 6.08 Å². The molecule has 1 aliphatic rings. The van der Waals surface area contributed by atoms with Gasteiger partial charge in [-0.05, 0) is 36.0 Å². The van der Waals surface area contributed by atoms with Crippen LogP contribution < -0.4 is 19.5 Å². The lowest BCUT2D eigenvalue weighted by Crippen LogP contribution is -2.18. The van der Waals surface area contributed by atoms with Crippen LogP contribution >= 0.6 is 12.2 Å². The monoisotopic (exact) mass is 295 g/mol. The maximum Gasteiger partial charge on any atom is 0.294 e. The van der Waals surface area contributed by atoms with Crippen molar-refractivity contribution in [3.05, 3.63) is 23.5 Å². The number of hydrogen-bond acceptors (Lipinski definition) is 6. The number of hydrogen-bond donors (Lipinski definition) is 1. The summed E-state index contributed by atoms with van der Waals surface area (Å²) in [6.45, 7) is 0. The lowest BCUT2D eigenvalue weighted by atomic mass is 10.1. The summed E-state index contributed by atoms with van der Waals surface area (Å²) < 4.78 is 20.8. The minimum absolute atomic E-state index is 0.0358. The molecule has 6 nitrogen and oxygen atoms in total. The molecule has 0 radical (unpaired) electrons. The normalized spacial score (nSPS) is 15.8. The smallest absolute Gasteiger partial charge is 0.294 e. The molecule has 0 saturated carbocycles. The van der Waals surface area contributed by atoms with E-state index in [-0.39, 0.29) is 16.8 Å². The van der Waals surface area contributed by atoms with Crippen LogP contribution in [0, 0.1) is 0 Å². The first-order valence-corrected chi connectivity index (χ1v) is 6.04. The molecular weight excluding hydrogens is 282 g/mol. The molecule has 1 N–H and O–H groups in total. The molecule has 0 spiro atoms. The molecule has 2 rings (SSSR count). The Morgan fingerprint density at radius 3 is 2.15 bits per heavy atom. The Kier molecular flexibility index (Phi) is 4.09. The van der Waals surface area contributed by atoms with Crippen molar-refractivity contribution in [3.8, 4) is 17.2 Å². The second-order valence-electron chi connectivity index (χ2n) is 3.81. The highest BCUT2D eigenvalue weighted by Crippen LogP contribution is 2.38. The van der Waals surface area contributed by atoms with Gasteiger partial charge in [0, 0.05) is 0 Å². The number of amides is 1. The molecule has 0 aromatic heterocycles. The zero-order chi connectivity index (χ0) is 14.7. The first-order valence-electron chi connectivity index (χ1n) is 5.64. The van der Waals surface area contributed by atoms with E-state index >= 15 is 0 Å². The van der Waals surface area contributed by atoms with Gasteiger partial charge in [0.15, 0.2) is 17.3 Å². The Morgan fingerprint density at radius 1 is 1.15 bits per heavy atom. The van der Waals surface area contributed by atoms with Gasteiger partial charge in [0.2, 0.25) is 5.75 Å². The third-order valence-corrected chi connectivity index (χ3v) is 2.81. The zero-order valence-corrected chi connectivity index (χ0v) is 12.0. The van der Waals surface area contributed by atoms with Crippen LogP contribution in [0.2, 0.25) is 0 Å². The number of benzene rings is 1. The molecule has 20 heavy (non-hydrogen) atoms. The van der Waals surface area contributed by atoms with E-state index in [1.54, 1.807) is 18.2 Å². The summed E-state index contributed by atoms with van der Waals surface area (Å²) in [5.41, 5.74) is 0.661. The van der Waals surface area contributed by atoms with E-state index in [9.17, 15) is 4.79 Å². The Labute approximate surface area is 121 Å². The standard InChI is InChI=1S/C13H13NO5S/c1-16-8-4-7(5-9(17-2)11(8)18-3)6-10-12(15)14-13(20)19-10/h4-6H,1-3H3,(H,14,15,20)/b10-6-. The number of ether oxygens (including phenoxy) is 4. The molecule has 0 atom stereocenters. The van der Waals surface area contributed by atoms with Crippen molar-refractivity contribution in [2.45, 2.75) is 0 Å². The topological polar surface area (TPSA) is 66.0 Å². The van der Waals surface area contributed by atoms with Crippen LogP contribution in [0.1, 0.15) is 5.56 Å². The van der Waals surface area contributed by atoms with Crippen molar-refractivity contribution in [1.29, 1.82) is 0 Å². The van der Waals surface area contributed by atoms with E-state index in [0.717, 1.165) is 0 Å². The number of carbonyl (C=O) groups excluding carboxylic acids is 1. The highest BCUT2D eigenvalue weighted by molar-refractivity contribution is 7.80. The summed E-state index contributed by atoms with van der Waals surface area (Å²) in [5, 5.41) is 2.42. The average Bonchev–Trinajstić information content (AvgIpc) is 2.75. The first-order chi connectivity index (χ1) is 9.58. The molecule has 7 heteroatoms. The van der Waals surface area contributed by atoms with Gasteiger partial charge in [-0.3, -0.25) is 10.1 Å². The Bertz CT molecular complexity index is 571. The molecule has 1 saturated heterocycles. The molecule has 0 unspecified atom stereocenters. The molecule has 106 valence electrons. The molecule has 1 amide bonds. The summed E-state index contributed by atoms with van der Waals surface area (Å²) in [5.74, 6) is 1.18. The maximum atomic E-state index is 11.5. The van der Waals surface area contributed by atoms with E-state index < -0.39 is 0 Å². The number of thiocarbonyl (C=S) groups is 1. The second-order valence-corrected chi connectivity index (χ2v) is 4.18. The van der Waals surface area contributed by atoms with Crippen LogP contribution in [0.4, 0.5) is 0 Å². The third-order valence-electron chi connectivity index (χ3n) is 2.63. The molecule has 0 bridgehead atoms. The van der Waals surface area contributed by atoms with Crippen molar-refractivity contribution in [1.82, 2.24) is 5.32 Å². The van der Waals surface area contributed by atoms with Gasteiger partial charge in [-0.1, -0.05) is 0 Å². The van der Waals surface area contributed by atoms with Crippen molar-refractivity contribution >= 4 is 29.4 Å². The maximum absolute atomic E-state index is 11.5. The summed E-state index contributed by atoms with van der Waals surface area (Å²) in [6.07, 6.45) is 1.54. The van der Waals surface area contributed by atoms with Crippen molar-refractivity contribution in [2.75, 3.05) is 21.3 Å². The highest BCUT2D eigenvalue weighted by Gasteiger charge is 2.23. The van der Waals surface area contributed by atoms with Gasteiger partial charge < -0.3 is 18.9 Å². The Morgan fingerprint density at radius 2 is 1.75 bits per heavy atom. The van der Waals surface area contributed by atoms with Crippen LogP contribution in [0.15, 0.2) is 17.9 Å². The van der Waals surface area contributed by atoms with Gasteiger partial charge in [0.05, 0.1) is 21.3 Å².